The van der Waals surface area contributed by atoms with E-state index in [-0.39, 0.29) is 11.2 Å². The summed E-state index contributed by atoms with van der Waals surface area (Å²) in [6, 6.07) is 16.8. The van der Waals surface area contributed by atoms with E-state index in [4.69, 9.17) is 0 Å². The van der Waals surface area contributed by atoms with Crippen LogP contribution in [0, 0.1) is 0 Å². The number of fused-ring (bicyclic) bond motifs is 1. The minimum atomic E-state index is -0.303. The summed E-state index contributed by atoms with van der Waals surface area (Å²) in [4.78, 5) is 12.7. The Morgan fingerprint density at radius 3 is 2.33 bits per heavy atom. The SMILES string of the molecule is O=c1c(O)c(-c2ccccc2)sc2ccccc12. The van der Waals surface area contributed by atoms with Gasteiger partial charge >= 0.3 is 0 Å². The first kappa shape index (κ1) is 11.0. The topological polar surface area (TPSA) is 37.3 Å². The summed E-state index contributed by atoms with van der Waals surface area (Å²) in [6.07, 6.45) is 0. The van der Waals surface area contributed by atoms with Gasteiger partial charge in [0.15, 0.2) is 5.75 Å². The lowest BCUT2D eigenvalue weighted by atomic mass is 10.1. The Balaban J connectivity index is 2.38. The summed E-state index contributed by atoms with van der Waals surface area (Å²) in [5, 5.41) is 10.6. The van der Waals surface area contributed by atoms with E-state index < -0.39 is 0 Å². The van der Waals surface area contributed by atoms with E-state index in [0.29, 0.717) is 10.3 Å². The van der Waals surface area contributed by atoms with E-state index in [9.17, 15) is 9.90 Å². The van der Waals surface area contributed by atoms with E-state index in [1.807, 2.05) is 42.5 Å². The van der Waals surface area contributed by atoms with Crippen LogP contribution in [0.15, 0.2) is 59.4 Å². The number of aromatic hydroxyl groups is 1. The lowest BCUT2D eigenvalue weighted by Gasteiger charge is -2.05. The number of rotatable bonds is 1. The minimum Gasteiger partial charge on any atom is -0.503 e. The molecule has 18 heavy (non-hydrogen) atoms. The number of hydrogen-bond acceptors (Lipinski definition) is 3. The summed E-state index contributed by atoms with van der Waals surface area (Å²) in [5.74, 6) is -0.162. The average molecular weight is 254 g/mol. The van der Waals surface area contributed by atoms with Crippen LogP contribution in [0.3, 0.4) is 0 Å². The average Bonchev–Trinajstić information content (AvgIpc) is 2.44. The molecular weight excluding hydrogens is 244 g/mol. The molecule has 0 radical (unpaired) electrons. The van der Waals surface area contributed by atoms with Gasteiger partial charge in [0.1, 0.15) is 0 Å². The van der Waals surface area contributed by atoms with Gasteiger partial charge in [-0.25, -0.2) is 0 Å². The molecule has 0 bridgehead atoms. The first-order valence-corrected chi connectivity index (χ1v) is 6.39. The van der Waals surface area contributed by atoms with Gasteiger partial charge in [0.05, 0.1) is 4.88 Å². The van der Waals surface area contributed by atoms with Crippen molar-refractivity contribution in [1.29, 1.82) is 0 Å². The van der Waals surface area contributed by atoms with Crippen molar-refractivity contribution in [2.24, 2.45) is 0 Å². The van der Waals surface area contributed by atoms with Gasteiger partial charge < -0.3 is 5.11 Å². The van der Waals surface area contributed by atoms with Gasteiger partial charge in [0.2, 0.25) is 5.43 Å². The highest BCUT2D eigenvalue weighted by molar-refractivity contribution is 7.21. The highest BCUT2D eigenvalue weighted by Crippen LogP contribution is 2.34. The Bertz CT molecular complexity index is 760. The standard InChI is InChI=1S/C15H10O2S/c16-13-11-8-4-5-9-12(11)18-15(14(13)17)10-6-2-1-3-7-10/h1-9,17H. The maximum absolute atomic E-state index is 12.1. The largest absolute Gasteiger partial charge is 0.503 e. The molecule has 0 aliphatic heterocycles. The zero-order valence-electron chi connectivity index (χ0n) is 9.46. The predicted molar refractivity (Wildman–Crippen MR) is 75.2 cm³/mol. The predicted octanol–water partition coefficient (Wildman–Crippen LogP) is 3.63. The Kier molecular flexibility index (Phi) is 2.61. The van der Waals surface area contributed by atoms with Crippen molar-refractivity contribution in [2.45, 2.75) is 0 Å². The molecule has 1 aromatic heterocycles. The Hall–Kier alpha value is -2.13. The zero-order chi connectivity index (χ0) is 12.5. The van der Waals surface area contributed by atoms with E-state index in [0.717, 1.165) is 10.3 Å². The first-order chi connectivity index (χ1) is 8.77. The van der Waals surface area contributed by atoms with Crippen LogP contribution in [-0.2, 0) is 0 Å². The van der Waals surface area contributed by atoms with Crippen molar-refractivity contribution in [3.63, 3.8) is 0 Å². The van der Waals surface area contributed by atoms with Gasteiger partial charge in [-0.1, -0.05) is 42.5 Å². The van der Waals surface area contributed by atoms with Gasteiger partial charge in [0.25, 0.3) is 0 Å². The fourth-order valence-corrected chi connectivity index (χ4v) is 3.00. The van der Waals surface area contributed by atoms with Crippen LogP contribution in [0.1, 0.15) is 0 Å². The Labute approximate surface area is 108 Å². The molecule has 0 unspecified atom stereocenters. The summed E-state index contributed by atoms with van der Waals surface area (Å²) in [5.41, 5.74) is 0.561. The van der Waals surface area contributed by atoms with Crippen LogP contribution in [0.2, 0.25) is 0 Å². The monoisotopic (exact) mass is 254 g/mol. The minimum absolute atomic E-state index is 0.162. The molecule has 0 spiro atoms. The zero-order valence-corrected chi connectivity index (χ0v) is 10.3. The van der Waals surface area contributed by atoms with E-state index in [1.165, 1.54) is 11.3 Å². The van der Waals surface area contributed by atoms with Gasteiger partial charge in [-0.3, -0.25) is 4.79 Å². The summed E-state index contributed by atoms with van der Waals surface area (Å²) in [6.45, 7) is 0. The smallest absolute Gasteiger partial charge is 0.230 e. The first-order valence-electron chi connectivity index (χ1n) is 5.57. The van der Waals surface area contributed by atoms with Gasteiger partial charge in [0, 0.05) is 10.1 Å². The maximum atomic E-state index is 12.1. The normalized spacial score (nSPS) is 10.7. The molecule has 2 nitrogen and oxygen atoms in total. The van der Waals surface area contributed by atoms with Crippen LogP contribution < -0.4 is 5.43 Å². The lowest BCUT2D eigenvalue weighted by Crippen LogP contribution is -2.00. The molecule has 0 fully saturated rings. The number of benzene rings is 2. The Morgan fingerprint density at radius 1 is 0.889 bits per heavy atom. The van der Waals surface area contributed by atoms with Crippen molar-refractivity contribution in [3.05, 3.63) is 64.8 Å². The Morgan fingerprint density at radius 2 is 1.56 bits per heavy atom. The van der Waals surface area contributed by atoms with E-state index in [1.54, 1.807) is 12.1 Å². The van der Waals surface area contributed by atoms with E-state index in [2.05, 4.69) is 0 Å². The van der Waals surface area contributed by atoms with Crippen LogP contribution >= 0.6 is 11.3 Å². The third-order valence-corrected chi connectivity index (χ3v) is 4.02. The third-order valence-electron chi connectivity index (χ3n) is 2.81. The highest BCUT2D eigenvalue weighted by Gasteiger charge is 2.12. The summed E-state index contributed by atoms with van der Waals surface area (Å²) >= 11 is 1.43. The van der Waals surface area contributed by atoms with Crippen LogP contribution in [0.4, 0.5) is 0 Å². The van der Waals surface area contributed by atoms with E-state index >= 15 is 0 Å². The molecule has 2 aromatic carbocycles. The third kappa shape index (κ3) is 1.69. The summed E-state index contributed by atoms with van der Waals surface area (Å²) < 4.78 is 0.888. The molecule has 0 amide bonds. The second-order valence-corrected chi connectivity index (χ2v) is 5.02. The molecule has 0 atom stereocenters. The molecule has 0 aliphatic carbocycles. The van der Waals surface area contributed by atoms with Crippen molar-refractivity contribution in [1.82, 2.24) is 0 Å². The fourth-order valence-electron chi connectivity index (χ4n) is 1.92. The highest BCUT2D eigenvalue weighted by atomic mass is 32.1. The fraction of sp³-hybridized carbons (Fsp3) is 0. The van der Waals surface area contributed by atoms with Crippen LogP contribution in [0.25, 0.3) is 20.5 Å². The quantitative estimate of drug-likeness (QED) is 0.720. The van der Waals surface area contributed by atoms with Crippen molar-refractivity contribution in [3.8, 4) is 16.2 Å². The van der Waals surface area contributed by atoms with Crippen LogP contribution in [0.5, 0.6) is 5.75 Å². The molecule has 3 aromatic rings. The molecule has 3 rings (SSSR count). The number of hydrogen-bond donors (Lipinski definition) is 1. The molecule has 0 saturated heterocycles. The van der Waals surface area contributed by atoms with Gasteiger partial charge in [-0.15, -0.1) is 11.3 Å². The molecular formula is C15H10O2S. The molecule has 88 valence electrons. The van der Waals surface area contributed by atoms with Crippen LogP contribution in [-0.4, -0.2) is 5.11 Å². The van der Waals surface area contributed by atoms with Crippen molar-refractivity contribution < 1.29 is 5.11 Å². The molecule has 1 heterocycles. The second-order valence-electron chi connectivity index (χ2n) is 3.97. The second kappa shape index (κ2) is 4.27. The molecule has 3 heteroatoms. The van der Waals surface area contributed by atoms with Crippen molar-refractivity contribution in [2.75, 3.05) is 0 Å². The molecule has 0 aliphatic rings. The van der Waals surface area contributed by atoms with Crippen molar-refractivity contribution >= 4 is 21.4 Å². The molecule has 1 N–H and O–H groups in total. The lowest BCUT2D eigenvalue weighted by molar-refractivity contribution is 0.475. The summed E-state index contributed by atoms with van der Waals surface area (Å²) in [7, 11) is 0. The maximum Gasteiger partial charge on any atom is 0.230 e. The van der Waals surface area contributed by atoms with Gasteiger partial charge in [-0.2, -0.15) is 0 Å². The molecule has 0 saturated carbocycles. The van der Waals surface area contributed by atoms with Gasteiger partial charge in [-0.05, 0) is 17.7 Å².